The molecule has 1 atom stereocenters. The molecule has 0 aliphatic heterocycles. The average molecular weight is 219 g/mol. The van der Waals surface area contributed by atoms with Crippen LogP contribution < -0.4 is 16.6 Å². The van der Waals surface area contributed by atoms with Gasteiger partial charge in [-0.3, -0.25) is 20.4 Å². The fourth-order valence-electron chi connectivity index (χ4n) is 0.857. The molecule has 0 fully saturated rings. The summed E-state index contributed by atoms with van der Waals surface area (Å²) in [7, 11) is 0. The van der Waals surface area contributed by atoms with Crippen molar-refractivity contribution in [2.45, 2.75) is 19.8 Å². The molecule has 4 N–H and O–H groups in total. The minimum Gasteiger partial charge on any atom is -0.330 e. The van der Waals surface area contributed by atoms with Crippen molar-refractivity contribution in [1.29, 1.82) is 0 Å². The molecule has 0 saturated heterocycles. The number of nitrogens with two attached hydrogens (primary N) is 1. The molecule has 0 heterocycles. The van der Waals surface area contributed by atoms with E-state index < -0.39 is 0 Å². The van der Waals surface area contributed by atoms with E-state index in [1.165, 1.54) is 0 Å². The van der Waals surface area contributed by atoms with E-state index in [2.05, 4.69) is 23.5 Å². The predicted molar refractivity (Wildman–Crippen MR) is 57.6 cm³/mol. The van der Waals surface area contributed by atoms with Gasteiger partial charge in [0.05, 0.1) is 5.92 Å². The first-order valence-electron chi connectivity index (χ1n) is 4.55. The summed E-state index contributed by atoms with van der Waals surface area (Å²) in [4.78, 5) is 22.2. The summed E-state index contributed by atoms with van der Waals surface area (Å²) in [5.74, 6) is -0.287. The van der Waals surface area contributed by atoms with Gasteiger partial charge in [0.2, 0.25) is 11.8 Å². The summed E-state index contributed by atoms with van der Waals surface area (Å²) < 4.78 is 0. The van der Waals surface area contributed by atoms with Crippen LogP contribution >= 0.6 is 12.6 Å². The monoisotopic (exact) mass is 219 g/mol. The summed E-state index contributed by atoms with van der Waals surface area (Å²) in [6, 6.07) is 0. The maximum absolute atomic E-state index is 11.3. The van der Waals surface area contributed by atoms with Crippen LogP contribution in [0.2, 0.25) is 0 Å². The minimum absolute atomic E-state index is 0.244. The van der Waals surface area contributed by atoms with E-state index in [4.69, 9.17) is 5.73 Å². The van der Waals surface area contributed by atoms with Gasteiger partial charge in [0.1, 0.15) is 0 Å². The quantitative estimate of drug-likeness (QED) is 0.369. The second-order valence-electron chi connectivity index (χ2n) is 2.85. The largest absolute Gasteiger partial charge is 0.330 e. The fraction of sp³-hybridized carbons (Fsp3) is 0.750. The molecule has 0 spiro atoms. The van der Waals surface area contributed by atoms with Crippen molar-refractivity contribution < 1.29 is 9.59 Å². The van der Waals surface area contributed by atoms with Gasteiger partial charge in [0, 0.05) is 13.0 Å². The van der Waals surface area contributed by atoms with Crippen LogP contribution in [0.4, 0.5) is 0 Å². The van der Waals surface area contributed by atoms with Crippen molar-refractivity contribution in [2.24, 2.45) is 11.7 Å². The zero-order chi connectivity index (χ0) is 11.0. The van der Waals surface area contributed by atoms with Gasteiger partial charge in [-0.2, -0.15) is 12.6 Å². The van der Waals surface area contributed by atoms with Gasteiger partial charge < -0.3 is 5.73 Å². The molecule has 5 nitrogen and oxygen atoms in total. The van der Waals surface area contributed by atoms with Crippen molar-refractivity contribution in [1.82, 2.24) is 10.9 Å². The van der Waals surface area contributed by atoms with Gasteiger partial charge >= 0.3 is 0 Å². The summed E-state index contributed by atoms with van der Waals surface area (Å²) in [5.41, 5.74) is 9.97. The Balaban J connectivity index is 3.77. The number of thiol groups is 1. The highest BCUT2D eigenvalue weighted by Crippen LogP contribution is 1.98. The summed E-state index contributed by atoms with van der Waals surface area (Å²) >= 11 is 3.89. The smallest absolute Gasteiger partial charge is 0.242 e. The van der Waals surface area contributed by atoms with Crippen molar-refractivity contribution >= 4 is 24.4 Å². The highest BCUT2D eigenvalue weighted by atomic mass is 32.1. The molecule has 0 bridgehead atoms. The summed E-state index contributed by atoms with van der Waals surface area (Å²) in [5, 5.41) is 0. The molecule has 14 heavy (non-hydrogen) atoms. The van der Waals surface area contributed by atoms with Gasteiger partial charge in [0.15, 0.2) is 0 Å². The third-order valence-electron chi connectivity index (χ3n) is 1.81. The molecule has 0 aromatic rings. The molecule has 0 aromatic heterocycles. The van der Waals surface area contributed by atoms with Gasteiger partial charge in [-0.25, -0.2) is 0 Å². The Morgan fingerprint density at radius 3 is 2.50 bits per heavy atom. The lowest BCUT2D eigenvalue weighted by Crippen LogP contribution is -2.46. The third-order valence-corrected chi connectivity index (χ3v) is 2.04. The number of carbonyl (C=O) groups is 2. The normalized spacial score (nSPS) is 11.9. The van der Waals surface area contributed by atoms with E-state index in [1.807, 2.05) is 6.92 Å². The molecule has 0 aromatic carbocycles. The Hall–Kier alpha value is -0.750. The molecular formula is C8H17N3O2S. The number of rotatable bonds is 5. The number of hydrogen-bond acceptors (Lipinski definition) is 4. The topological polar surface area (TPSA) is 84.2 Å². The van der Waals surface area contributed by atoms with Crippen molar-refractivity contribution in [3.63, 3.8) is 0 Å². The molecule has 0 aliphatic carbocycles. The molecule has 0 rings (SSSR count). The molecule has 82 valence electrons. The van der Waals surface area contributed by atoms with E-state index >= 15 is 0 Å². The highest BCUT2D eigenvalue weighted by molar-refractivity contribution is 7.80. The van der Waals surface area contributed by atoms with Crippen LogP contribution in [-0.4, -0.2) is 24.1 Å². The van der Waals surface area contributed by atoms with Crippen molar-refractivity contribution in [3.8, 4) is 0 Å². The van der Waals surface area contributed by atoms with Crippen LogP contribution in [-0.2, 0) is 9.59 Å². The number of hydrogen-bond donors (Lipinski definition) is 4. The second kappa shape index (κ2) is 7.64. The predicted octanol–water partition coefficient (Wildman–Crippen LogP) is -0.561. The van der Waals surface area contributed by atoms with Crippen LogP contribution in [0.15, 0.2) is 0 Å². The first-order chi connectivity index (χ1) is 6.65. The van der Waals surface area contributed by atoms with Crippen LogP contribution in [0.1, 0.15) is 19.8 Å². The SMILES string of the molecule is CCC(CN)C(=O)NNC(=O)CCS. The van der Waals surface area contributed by atoms with Gasteiger partial charge in [0.25, 0.3) is 0 Å². The lowest BCUT2D eigenvalue weighted by atomic mass is 10.1. The lowest BCUT2D eigenvalue weighted by molar-refractivity contribution is -0.130. The lowest BCUT2D eigenvalue weighted by Gasteiger charge is -2.12. The Kier molecular flexibility index (Phi) is 7.23. The molecule has 0 aliphatic rings. The number of nitrogens with one attached hydrogen (secondary N) is 2. The van der Waals surface area contributed by atoms with E-state index in [-0.39, 0.29) is 30.7 Å². The number of carbonyl (C=O) groups excluding carboxylic acids is 2. The van der Waals surface area contributed by atoms with Crippen molar-refractivity contribution in [2.75, 3.05) is 12.3 Å². The van der Waals surface area contributed by atoms with Gasteiger partial charge in [-0.05, 0) is 12.2 Å². The molecule has 0 radical (unpaired) electrons. The third kappa shape index (κ3) is 5.08. The highest BCUT2D eigenvalue weighted by Gasteiger charge is 2.14. The maximum atomic E-state index is 11.3. The van der Waals surface area contributed by atoms with E-state index in [1.54, 1.807) is 0 Å². The summed E-state index contributed by atoms with van der Waals surface area (Å²) in [6.45, 7) is 2.15. The minimum atomic E-state index is -0.250. The van der Waals surface area contributed by atoms with Crippen LogP contribution in [0.3, 0.4) is 0 Å². The number of hydrazine groups is 1. The van der Waals surface area contributed by atoms with Crippen LogP contribution in [0.25, 0.3) is 0 Å². The van der Waals surface area contributed by atoms with Gasteiger partial charge in [-0.15, -0.1) is 0 Å². The molecule has 2 amide bonds. The summed E-state index contributed by atoms with van der Waals surface area (Å²) in [6.07, 6.45) is 0.938. The van der Waals surface area contributed by atoms with E-state index in [0.29, 0.717) is 12.2 Å². The van der Waals surface area contributed by atoms with Gasteiger partial charge in [-0.1, -0.05) is 6.92 Å². The fourth-order valence-corrected chi connectivity index (χ4v) is 1.06. The Morgan fingerprint density at radius 2 is 2.07 bits per heavy atom. The second-order valence-corrected chi connectivity index (χ2v) is 3.30. The van der Waals surface area contributed by atoms with Crippen molar-refractivity contribution in [3.05, 3.63) is 0 Å². The van der Waals surface area contributed by atoms with Crippen LogP contribution in [0, 0.1) is 5.92 Å². The Labute approximate surface area is 89.2 Å². The van der Waals surface area contributed by atoms with E-state index in [9.17, 15) is 9.59 Å². The zero-order valence-electron chi connectivity index (χ0n) is 8.25. The van der Waals surface area contributed by atoms with Crippen LogP contribution in [0.5, 0.6) is 0 Å². The Morgan fingerprint density at radius 1 is 1.43 bits per heavy atom. The van der Waals surface area contributed by atoms with E-state index in [0.717, 1.165) is 0 Å². The standard InChI is InChI=1S/C8H17N3O2S/c1-2-6(5-9)8(13)11-10-7(12)3-4-14/h6,14H,2-5,9H2,1H3,(H,10,12)(H,11,13). The average Bonchev–Trinajstić information content (AvgIpc) is 2.17. The molecular weight excluding hydrogens is 202 g/mol. The first-order valence-corrected chi connectivity index (χ1v) is 5.18. The molecule has 1 unspecified atom stereocenters. The maximum Gasteiger partial charge on any atom is 0.242 e. The zero-order valence-corrected chi connectivity index (χ0v) is 9.14. The first kappa shape index (κ1) is 13.2. The molecule has 0 saturated carbocycles. The molecule has 6 heteroatoms. The Bertz CT molecular complexity index is 195. The number of amides is 2.